The summed E-state index contributed by atoms with van der Waals surface area (Å²) in [5.74, 6) is 0. The normalized spacial score (nSPS) is 22.0. The lowest BCUT2D eigenvalue weighted by Crippen LogP contribution is -2.41. The molecule has 19 heavy (non-hydrogen) atoms. The molecule has 1 aliphatic rings. The fourth-order valence-electron chi connectivity index (χ4n) is 2.40. The molecular formula is C12H20N4O2S. The highest BCUT2D eigenvalue weighted by Gasteiger charge is 2.31. The summed E-state index contributed by atoms with van der Waals surface area (Å²) in [5.41, 5.74) is 6.48. The van der Waals surface area contributed by atoms with Gasteiger partial charge in [0.2, 0.25) is 0 Å². The highest BCUT2D eigenvalue weighted by atomic mass is 32.1. The number of rotatable bonds is 5. The smallest absolute Gasteiger partial charge is 0.405 e. The van der Waals surface area contributed by atoms with Gasteiger partial charge in [-0.3, -0.25) is 0 Å². The highest BCUT2D eigenvalue weighted by molar-refractivity contribution is 7.11. The van der Waals surface area contributed by atoms with E-state index in [2.05, 4.69) is 22.5 Å². The van der Waals surface area contributed by atoms with Crippen LogP contribution < -0.4 is 16.4 Å². The standard InChI is InChI=1S/C12H20N4O2S/c1-2-3-14-7-4-8(15-12(17)18)11-9(5-7)19-10(6-13)16-11/h7-8,14-15H,2-6,13H2,1H3,(H,17,18). The third-order valence-corrected chi connectivity index (χ3v) is 4.33. The summed E-state index contributed by atoms with van der Waals surface area (Å²) in [6.45, 7) is 3.47. The third kappa shape index (κ3) is 3.43. The zero-order valence-corrected chi connectivity index (χ0v) is 11.8. The summed E-state index contributed by atoms with van der Waals surface area (Å²) >= 11 is 1.59. The number of nitrogens with zero attached hydrogens (tertiary/aromatic N) is 1. The van der Waals surface area contributed by atoms with Crippen molar-refractivity contribution in [3.63, 3.8) is 0 Å². The molecule has 1 aliphatic carbocycles. The number of aromatic nitrogens is 1. The summed E-state index contributed by atoms with van der Waals surface area (Å²) in [6, 6.07) is 0.0718. The van der Waals surface area contributed by atoms with Crippen LogP contribution in [0.25, 0.3) is 0 Å². The van der Waals surface area contributed by atoms with Gasteiger partial charge in [-0.25, -0.2) is 9.78 Å². The Morgan fingerprint density at radius 1 is 1.63 bits per heavy atom. The van der Waals surface area contributed by atoms with Crippen molar-refractivity contribution in [2.45, 2.75) is 44.8 Å². The zero-order valence-electron chi connectivity index (χ0n) is 11.0. The van der Waals surface area contributed by atoms with Gasteiger partial charge in [0.25, 0.3) is 0 Å². The van der Waals surface area contributed by atoms with Crippen LogP contribution in [0.2, 0.25) is 0 Å². The molecule has 1 heterocycles. The van der Waals surface area contributed by atoms with Gasteiger partial charge in [-0.15, -0.1) is 11.3 Å². The first-order valence-corrected chi connectivity index (χ1v) is 7.37. The molecule has 0 spiro atoms. The van der Waals surface area contributed by atoms with Gasteiger partial charge < -0.3 is 21.5 Å². The number of nitrogens with two attached hydrogens (primary N) is 1. The Kier molecular flexibility index (Phi) is 4.73. The lowest BCUT2D eigenvalue weighted by molar-refractivity contribution is 0.186. The molecular weight excluding hydrogens is 264 g/mol. The molecule has 6 nitrogen and oxygen atoms in total. The summed E-state index contributed by atoms with van der Waals surface area (Å²) in [6.07, 6.45) is 1.71. The van der Waals surface area contributed by atoms with Crippen molar-refractivity contribution >= 4 is 17.4 Å². The van der Waals surface area contributed by atoms with E-state index >= 15 is 0 Å². The predicted octanol–water partition coefficient (Wildman–Crippen LogP) is 1.22. The molecule has 2 unspecified atom stereocenters. The number of hydrogen-bond acceptors (Lipinski definition) is 5. The molecule has 0 saturated carbocycles. The van der Waals surface area contributed by atoms with E-state index < -0.39 is 6.09 Å². The average molecular weight is 284 g/mol. The van der Waals surface area contributed by atoms with Gasteiger partial charge in [0.1, 0.15) is 5.01 Å². The zero-order chi connectivity index (χ0) is 13.8. The van der Waals surface area contributed by atoms with E-state index in [-0.39, 0.29) is 6.04 Å². The predicted molar refractivity (Wildman–Crippen MR) is 74.3 cm³/mol. The molecule has 0 fully saturated rings. The van der Waals surface area contributed by atoms with Crippen LogP contribution in [0, 0.1) is 0 Å². The Morgan fingerprint density at radius 3 is 3.05 bits per heavy atom. The lowest BCUT2D eigenvalue weighted by atomic mass is 9.93. The second-order valence-corrected chi connectivity index (χ2v) is 5.88. The molecule has 7 heteroatoms. The minimum absolute atomic E-state index is 0.229. The van der Waals surface area contributed by atoms with Crippen molar-refractivity contribution in [1.82, 2.24) is 15.6 Å². The molecule has 0 radical (unpaired) electrons. The van der Waals surface area contributed by atoms with Gasteiger partial charge in [-0.05, 0) is 25.8 Å². The second kappa shape index (κ2) is 6.31. The van der Waals surface area contributed by atoms with Crippen molar-refractivity contribution in [2.24, 2.45) is 5.73 Å². The molecule has 2 atom stereocenters. The SMILES string of the molecule is CCCNC1Cc2sc(CN)nc2C(NC(=O)O)C1. The van der Waals surface area contributed by atoms with Gasteiger partial charge >= 0.3 is 6.09 Å². The third-order valence-electron chi connectivity index (χ3n) is 3.21. The highest BCUT2D eigenvalue weighted by Crippen LogP contribution is 2.33. The van der Waals surface area contributed by atoms with E-state index in [0.29, 0.717) is 12.6 Å². The Labute approximate surface area is 116 Å². The Bertz CT molecular complexity index is 449. The molecule has 0 aliphatic heterocycles. The number of fused-ring (bicyclic) bond motifs is 1. The molecule has 1 amide bonds. The maximum absolute atomic E-state index is 10.9. The first kappa shape index (κ1) is 14.2. The Balaban J connectivity index is 2.17. The fraction of sp³-hybridized carbons (Fsp3) is 0.667. The minimum atomic E-state index is -1.01. The second-order valence-electron chi connectivity index (χ2n) is 4.71. The van der Waals surface area contributed by atoms with Gasteiger partial charge in [0.05, 0.1) is 11.7 Å². The lowest BCUT2D eigenvalue weighted by Gasteiger charge is -2.28. The van der Waals surface area contributed by atoms with Crippen molar-refractivity contribution in [3.8, 4) is 0 Å². The quantitative estimate of drug-likeness (QED) is 0.651. The topological polar surface area (TPSA) is 100 Å². The van der Waals surface area contributed by atoms with E-state index in [1.165, 1.54) is 0 Å². The average Bonchev–Trinajstić information content (AvgIpc) is 2.79. The van der Waals surface area contributed by atoms with E-state index in [1.807, 2.05) is 0 Å². The van der Waals surface area contributed by atoms with E-state index in [9.17, 15) is 4.79 Å². The minimum Gasteiger partial charge on any atom is -0.465 e. The molecule has 1 aromatic heterocycles. The van der Waals surface area contributed by atoms with E-state index in [4.69, 9.17) is 10.8 Å². The number of thiazole rings is 1. The van der Waals surface area contributed by atoms with E-state index in [0.717, 1.165) is 41.4 Å². The fourth-order valence-corrected chi connectivity index (χ4v) is 3.49. The summed E-state index contributed by atoms with van der Waals surface area (Å²) < 4.78 is 0. The first-order valence-electron chi connectivity index (χ1n) is 6.55. The van der Waals surface area contributed by atoms with Crippen LogP contribution in [0.3, 0.4) is 0 Å². The van der Waals surface area contributed by atoms with Crippen LogP contribution in [0.5, 0.6) is 0 Å². The number of carbonyl (C=O) groups is 1. The maximum Gasteiger partial charge on any atom is 0.405 e. The first-order chi connectivity index (χ1) is 9.13. The molecule has 0 bridgehead atoms. The van der Waals surface area contributed by atoms with Crippen molar-refractivity contribution in [3.05, 3.63) is 15.6 Å². The molecule has 2 rings (SSSR count). The van der Waals surface area contributed by atoms with Crippen molar-refractivity contribution < 1.29 is 9.90 Å². The van der Waals surface area contributed by atoms with Crippen LogP contribution >= 0.6 is 11.3 Å². The largest absolute Gasteiger partial charge is 0.465 e. The van der Waals surface area contributed by atoms with Gasteiger partial charge in [0.15, 0.2) is 0 Å². The van der Waals surface area contributed by atoms with Gasteiger partial charge in [-0.2, -0.15) is 0 Å². The van der Waals surface area contributed by atoms with Crippen LogP contribution in [0.15, 0.2) is 0 Å². The number of nitrogens with one attached hydrogen (secondary N) is 2. The monoisotopic (exact) mass is 284 g/mol. The van der Waals surface area contributed by atoms with Crippen LogP contribution in [0.4, 0.5) is 4.79 Å². The number of amides is 1. The van der Waals surface area contributed by atoms with Crippen molar-refractivity contribution in [1.29, 1.82) is 0 Å². The van der Waals surface area contributed by atoms with Gasteiger partial charge in [-0.1, -0.05) is 6.92 Å². The maximum atomic E-state index is 10.9. The Morgan fingerprint density at radius 2 is 2.42 bits per heavy atom. The molecule has 1 aromatic rings. The summed E-state index contributed by atoms with van der Waals surface area (Å²) in [5, 5.41) is 15.8. The molecule has 0 saturated heterocycles. The molecule has 5 N–H and O–H groups in total. The number of hydrogen-bond donors (Lipinski definition) is 4. The van der Waals surface area contributed by atoms with Crippen molar-refractivity contribution in [2.75, 3.05) is 6.54 Å². The molecule has 106 valence electrons. The van der Waals surface area contributed by atoms with Gasteiger partial charge in [0, 0.05) is 17.5 Å². The molecule has 0 aromatic carbocycles. The van der Waals surface area contributed by atoms with Crippen LogP contribution in [-0.4, -0.2) is 28.8 Å². The van der Waals surface area contributed by atoms with Crippen LogP contribution in [0.1, 0.15) is 41.4 Å². The summed E-state index contributed by atoms with van der Waals surface area (Å²) in [4.78, 5) is 16.5. The number of carboxylic acid groups (broad SMARTS) is 1. The Hall–Kier alpha value is -1.18. The van der Waals surface area contributed by atoms with E-state index in [1.54, 1.807) is 11.3 Å². The van der Waals surface area contributed by atoms with Crippen LogP contribution in [-0.2, 0) is 13.0 Å². The summed E-state index contributed by atoms with van der Waals surface area (Å²) in [7, 11) is 0.